The normalized spacial score (nSPS) is 31.7. The van der Waals surface area contributed by atoms with E-state index in [0.717, 1.165) is 19.7 Å². The van der Waals surface area contributed by atoms with Gasteiger partial charge in [-0.1, -0.05) is 13.8 Å². The van der Waals surface area contributed by atoms with E-state index in [9.17, 15) is 4.79 Å². The van der Waals surface area contributed by atoms with Gasteiger partial charge in [-0.2, -0.15) is 0 Å². The number of carbonyl (C=O) groups excluding carboxylic acids is 1. The first-order chi connectivity index (χ1) is 8.00. The van der Waals surface area contributed by atoms with Crippen LogP contribution in [0.4, 0.5) is 0 Å². The van der Waals surface area contributed by atoms with Crippen molar-refractivity contribution in [2.24, 2.45) is 11.7 Å². The Balaban J connectivity index is 1.99. The average Bonchev–Trinajstić information content (AvgIpc) is 2.72. The summed E-state index contributed by atoms with van der Waals surface area (Å²) in [7, 11) is 2.09. The first kappa shape index (κ1) is 12.8. The van der Waals surface area contributed by atoms with Crippen LogP contribution in [0.3, 0.4) is 0 Å². The Bertz CT molecular complexity index is 295. The molecule has 0 aromatic rings. The van der Waals surface area contributed by atoms with Crippen molar-refractivity contribution in [3.63, 3.8) is 0 Å². The van der Waals surface area contributed by atoms with Crippen LogP contribution < -0.4 is 5.73 Å². The number of nitrogens with zero attached hydrogens (tertiary/aromatic N) is 2. The van der Waals surface area contributed by atoms with Crippen molar-refractivity contribution in [2.45, 2.75) is 32.0 Å². The number of likely N-dealkylation sites (N-methyl/N-ethyl adjacent to an activating group) is 1. The fourth-order valence-electron chi connectivity index (χ4n) is 2.53. The van der Waals surface area contributed by atoms with Gasteiger partial charge in [0.25, 0.3) is 0 Å². The highest BCUT2D eigenvalue weighted by molar-refractivity contribution is 5.82. The van der Waals surface area contributed by atoms with E-state index in [1.165, 1.54) is 0 Å². The number of hydrogen-bond donors (Lipinski definition) is 1. The van der Waals surface area contributed by atoms with Gasteiger partial charge in [0.05, 0.1) is 24.8 Å². The quantitative estimate of drug-likeness (QED) is 0.709. The highest BCUT2D eigenvalue weighted by Gasteiger charge is 2.41. The number of amides is 1. The van der Waals surface area contributed by atoms with Crippen LogP contribution in [0.25, 0.3) is 0 Å². The summed E-state index contributed by atoms with van der Waals surface area (Å²) in [5.74, 6) is 0.246. The zero-order chi connectivity index (χ0) is 12.6. The number of morpholine rings is 1. The fraction of sp³-hybridized carbons (Fsp3) is 0.917. The summed E-state index contributed by atoms with van der Waals surface area (Å²) in [5, 5.41) is 0. The maximum absolute atomic E-state index is 12.2. The molecular weight excluding hydrogens is 218 g/mol. The monoisotopic (exact) mass is 241 g/mol. The van der Waals surface area contributed by atoms with Gasteiger partial charge in [-0.3, -0.25) is 9.69 Å². The number of hydrogen-bond acceptors (Lipinski definition) is 4. The molecule has 0 radical (unpaired) electrons. The van der Waals surface area contributed by atoms with E-state index in [-0.39, 0.29) is 24.0 Å². The molecule has 0 aromatic heterocycles. The van der Waals surface area contributed by atoms with E-state index in [1.807, 2.05) is 18.7 Å². The predicted molar refractivity (Wildman–Crippen MR) is 65.6 cm³/mol. The number of nitrogens with two attached hydrogens (primary N) is 1. The lowest BCUT2D eigenvalue weighted by Gasteiger charge is -2.33. The molecule has 2 rings (SSSR count). The lowest BCUT2D eigenvalue weighted by atomic mass is 10.0. The Morgan fingerprint density at radius 2 is 2.12 bits per heavy atom. The van der Waals surface area contributed by atoms with Gasteiger partial charge < -0.3 is 15.4 Å². The molecule has 5 nitrogen and oxygen atoms in total. The van der Waals surface area contributed by atoms with Gasteiger partial charge in [-0.25, -0.2) is 0 Å². The summed E-state index contributed by atoms with van der Waals surface area (Å²) in [5.41, 5.74) is 5.92. The molecule has 2 N–H and O–H groups in total. The highest BCUT2D eigenvalue weighted by atomic mass is 16.5. The van der Waals surface area contributed by atoms with Gasteiger partial charge in [0.15, 0.2) is 0 Å². The molecule has 0 saturated carbocycles. The summed E-state index contributed by atoms with van der Waals surface area (Å²) >= 11 is 0. The third-order valence-electron chi connectivity index (χ3n) is 3.89. The number of rotatable bonds is 2. The molecule has 3 atom stereocenters. The van der Waals surface area contributed by atoms with Crippen LogP contribution in [0.1, 0.15) is 13.8 Å². The second-order valence-corrected chi connectivity index (χ2v) is 5.47. The van der Waals surface area contributed by atoms with E-state index in [2.05, 4.69) is 11.9 Å². The predicted octanol–water partition coefficient (Wildman–Crippen LogP) is -0.489. The van der Waals surface area contributed by atoms with Crippen molar-refractivity contribution >= 4 is 5.91 Å². The largest absolute Gasteiger partial charge is 0.373 e. The van der Waals surface area contributed by atoms with Gasteiger partial charge in [0.1, 0.15) is 0 Å². The summed E-state index contributed by atoms with van der Waals surface area (Å²) < 4.78 is 5.72. The van der Waals surface area contributed by atoms with Gasteiger partial charge in [-0.05, 0) is 13.0 Å². The number of carbonyl (C=O) groups is 1. The van der Waals surface area contributed by atoms with Gasteiger partial charge in [-0.15, -0.1) is 0 Å². The third-order valence-corrected chi connectivity index (χ3v) is 3.89. The molecule has 2 aliphatic rings. The number of likely N-dealkylation sites (tertiary alicyclic amines) is 1. The molecule has 0 aromatic carbocycles. The first-order valence-electron chi connectivity index (χ1n) is 6.37. The summed E-state index contributed by atoms with van der Waals surface area (Å²) in [4.78, 5) is 16.3. The van der Waals surface area contributed by atoms with Gasteiger partial charge in [0.2, 0.25) is 5.91 Å². The van der Waals surface area contributed by atoms with E-state index in [0.29, 0.717) is 12.6 Å². The van der Waals surface area contributed by atoms with Crippen LogP contribution in [0, 0.1) is 5.92 Å². The summed E-state index contributed by atoms with van der Waals surface area (Å²) in [6, 6.07) is -0.0486. The SMILES string of the molecule is CC(C)[C@H](N)C(=O)N1C[C@@H]2OCCN(C)[C@H]2C1. The van der Waals surface area contributed by atoms with Crippen molar-refractivity contribution in [1.29, 1.82) is 0 Å². The van der Waals surface area contributed by atoms with Crippen LogP contribution in [-0.4, -0.2) is 67.2 Å². The Hall–Kier alpha value is -0.650. The van der Waals surface area contributed by atoms with Crippen LogP contribution in [0.2, 0.25) is 0 Å². The minimum Gasteiger partial charge on any atom is -0.373 e. The van der Waals surface area contributed by atoms with Crippen molar-refractivity contribution in [2.75, 3.05) is 33.3 Å². The Morgan fingerprint density at radius 3 is 2.71 bits per heavy atom. The molecule has 0 unspecified atom stereocenters. The van der Waals surface area contributed by atoms with Crippen LogP contribution in [0.15, 0.2) is 0 Å². The molecule has 5 heteroatoms. The average molecular weight is 241 g/mol. The maximum atomic E-state index is 12.2. The zero-order valence-electron chi connectivity index (χ0n) is 10.9. The Kier molecular flexibility index (Phi) is 3.70. The molecule has 98 valence electrons. The Labute approximate surface area is 103 Å². The highest BCUT2D eigenvalue weighted by Crippen LogP contribution is 2.22. The molecule has 17 heavy (non-hydrogen) atoms. The lowest BCUT2D eigenvalue weighted by molar-refractivity contribution is -0.133. The molecule has 0 spiro atoms. The number of ether oxygens (including phenoxy) is 1. The van der Waals surface area contributed by atoms with E-state index in [1.54, 1.807) is 0 Å². The van der Waals surface area contributed by atoms with Crippen LogP contribution in [-0.2, 0) is 9.53 Å². The van der Waals surface area contributed by atoms with Crippen molar-refractivity contribution < 1.29 is 9.53 Å². The minimum absolute atomic E-state index is 0.0615. The molecule has 2 heterocycles. The molecule has 2 aliphatic heterocycles. The smallest absolute Gasteiger partial charge is 0.239 e. The molecule has 2 saturated heterocycles. The summed E-state index contributed by atoms with van der Waals surface area (Å²) in [6.07, 6.45) is 0.164. The lowest BCUT2D eigenvalue weighted by Crippen LogP contribution is -2.48. The second kappa shape index (κ2) is 4.92. The van der Waals surface area contributed by atoms with Gasteiger partial charge in [0, 0.05) is 19.6 Å². The van der Waals surface area contributed by atoms with Crippen molar-refractivity contribution in [1.82, 2.24) is 9.80 Å². The number of fused-ring (bicyclic) bond motifs is 1. The first-order valence-corrected chi connectivity index (χ1v) is 6.37. The van der Waals surface area contributed by atoms with Crippen molar-refractivity contribution in [3.8, 4) is 0 Å². The van der Waals surface area contributed by atoms with Crippen LogP contribution in [0.5, 0.6) is 0 Å². The standard InChI is InChI=1S/C12H23N3O2/c1-8(2)11(13)12(16)15-6-9-10(7-15)17-5-4-14(9)3/h8-11H,4-7,13H2,1-3H3/t9-,10-,11-/m0/s1. The minimum atomic E-state index is -0.388. The van der Waals surface area contributed by atoms with E-state index >= 15 is 0 Å². The Morgan fingerprint density at radius 1 is 1.41 bits per heavy atom. The molecule has 0 aliphatic carbocycles. The fourth-order valence-corrected chi connectivity index (χ4v) is 2.53. The van der Waals surface area contributed by atoms with Crippen molar-refractivity contribution in [3.05, 3.63) is 0 Å². The maximum Gasteiger partial charge on any atom is 0.239 e. The molecule has 2 fully saturated rings. The van der Waals surface area contributed by atoms with E-state index in [4.69, 9.17) is 10.5 Å². The molecule has 0 bridgehead atoms. The molecular formula is C12H23N3O2. The van der Waals surface area contributed by atoms with Gasteiger partial charge >= 0.3 is 0 Å². The topological polar surface area (TPSA) is 58.8 Å². The van der Waals surface area contributed by atoms with Crippen LogP contribution >= 0.6 is 0 Å². The second-order valence-electron chi connectivity index (χ2n) is 5.47. The molecule has 1 amide bonds. The van der Waals surface area contributed by atoms with E-state index < -0.39 is 0 Å². The summed E-state index contributed by atoms with van der Waals surface area (Å²) in [6.45, 7) is 7.10. The zero-order valence-corrected chi connectivity index (χ0v) is 10.9. The third kappa shape index (κ3) is 2.46.